The number of anilines is 2. The van der Waals surface area contributed by atoms with Crippen LogP contribution in [0.1, 0.15) is 28.0 Å². The largest absolute Gasteiger partial charge is 0.364 e. The van der Waals surface area contributed by atoms with E-state index < -0.39 is 17.4 Å². The van der Waals surface area contributed by atoms with Gasteiger partial charge in [-0.3, -0.25) is 9.59 Å². The van der Waals surface area contributed by atoms with Gasteiger partial charge < -0.3 is 15.5 Å². The van der Waals surface area contributed by atoms with Crippen molar-refractivity contribution in [2.75, 3.05) is 25.0 Å². The van der Waals surface area contributed by atoms with E-state index in [0.29, 0.717) is 29.3 Å². The summed E-state index contributed by atoms with van der Waals surface area (Å²) >= 11 is 0. The number of rotatable bonds is 4. The SMILES string of the molecule is CN1CCC(C#Cc2cccc(-c3nc(C(N)=O)cc(N4CCc5ccccc54)n3)c2)(N=O)C1=O. The second-order valence-corrected chi connectivity index (χ2v) is 8.59. The van der Waals surface area contributed by atoms with Crippen molar-refractivity contribution in [1.82, 2.24) is 14.9 Å². The first-order valence-corrected chi connectivity index (χ1v) is 11.2. The van der Waals surface area contributed by atoms with E-state index in [2.05, 4.69) is 28.1 Å². The molecule has 1 atom stereocenters. The highest BCUT2D eigenvalue weighted by Crippen LogP contribution is 2.34. The molecule has 2 aliphatic heterocycles. The van der Waals surface area contributed by atoms with Crippen LogP contribution in [0.5, 0.6) is 0 Å². The Balaban J connectivity index is 1.53. The molecule has 1 saturated heterocycles. The van der Waals surface area contributed by atoms with Crippen molar-refractivity contribution in [2.24, 2.45) is 10.9 Å². The van der Waals surface area contributed by atoms with Crippen LogP contribution in [0.2, 0.25) is 0 Å². The second-order valence-electron chi connectivity index (χ2n) is 8.59. The minimum absolute atomic E-state index is 0.106. The summed E-state index contributed by atoms with van der Waals surface area (Å²) in [6.45, 7) is 1.15. The summed E-state index contributed by atoms with van der Waals surface area (Å²) in [4.78, 5) is 48.5. The highest BCUT2D eigenvalue weighted by atomic mass is 16.3. The lowest BCUT2D eigenvalue weighted by atomic mass is 9.99. The van der Waals surface area contributed by atoms with Gasteiger partial charge in [0.1, 0.15) is 11.5 Å². The minimum Gasteiger partial charge on any atom is -0.364 e. The number of nitrogens with two attached hydrogens (primary N) is 1. The van der Waals surface area contributed by atoms with E-state index in [1.807, 2.05) is 23.1 Å². The summed E-state index contributed by atoms with van der Waals surface area (Å²) in [5.41, 5.74) is 7.54. The van der Waals surface area contributed by atoms with Gasteiger partial charge in [0, 0.05) is 49.4 Å². The Bertz CT molecular complexity index is 1430. The van der Waals surface area contributed by atoms with Crippen molar-refractivity contribution in [1.29, 1.82) is 0 Å². The first kappa shape index (κ1) is 22.2. The van der Waals surface area contributed by atoms with E-state index >= 15 is 0 Å². The molecule has 2 aromatic carbocycles. The summed E-state index contributed by atoms with van der Waals surface area (Å²) in [5.74, 6) is 5.53. The number of carbonyl (C=O) groups excluding carboxylic acids is 2. The molecule has 1 fully saturated rings. The standard InChI is InChI=1S/C26H22N6O3/c1-31-14-12-26(30-35,25(31)34)11-9-17-5-4-7-19(15-17)24-28-20(23(27)33)16-22(29-24)32-13-10-18-6-2-3-8-21(18)32/h2-8,15-16H,10,12-14H2,1H3,(H2,27,33). The molecular formula is C26H22N6O3. The average molecular weight is 467 g/mol. The fourth-order valence-corrected chi connectivity index (χ4v) is 4.39. The molecule has 2 N–H and O–H groups in total. The highest BCUT2D eigenvalue weighted by molar-refractivity contribution is 5.93. The fraction of sp³-hybridized carbons (Fsp3) is 0.231. The number of aromatic nitrogens is 2. The van der Waals surface area contributed by atoms with E-state index in [0.717, 1.165) is 18.7 Å². The van der Waals surface area contributed by atoms with Crippen LogP contribution in [-0.2, 0) is 11.2 Å². The molecule has 3 aromatic rings. The van der Waals surface area contributed by atoms with Gasteiger partial charge in [0.25, 0.3) is 11.8 Å². The first-order chi connectivity index (χ1) is 16.9. The zero-order chi connectivity index (χ0) is 24.6. The molecule has 1 unspecified atom stereocenters. The number of likely N-dealkylation sites (N-methyl/N-ethyl adjacent to an activating group) is 1. The molecular weight excluding hydrogens is 444 g/mol. The van der Waals surface area contributed by atoms with E-state index in [9.17, 15) is 14.5 Å². The van der Waals surface area contributed by atoms with Gasteiger partial charge in [-0.05, 0) is 35.4 Å². The molecule has 3 heterocycles. The van der Waals surface area contributed by atoms with Gasteiger partial charge in [-0.25, -0.2) is 9.97 Å². The number of para-hydroxylation sites is 1. The minimum atomic E-state index is -1.57. The lowest BCUT2D eigenvalue weighted by Gasteiger charge is -2.19. The van der Waals surface area contributed by atoms with Crippen LogP contribution in [0.4, 0.5) is 11.5 Å². The molecule has 0 spiro atoms. The third-order valence-corrected chi connectivity index (χ3v) is 6.33. The highest BCUT2D eigenvalue weighted by Gasteiger charge is 2.46. The monoisotopic (exact) mass is 466 g/mol. The summed E-state index contributed by atoms with van der Waals surface area (Å²) < 4.78 is 0. The Morgan fingerprint density at radius 2 is 1.94 bits per heavy atom. The van der Waals surface area contributed by atoms with Gasteiger partial charge >= 0.3 is 0 Å². The second kappa shape index (κ2) is 8.65. The van der Waals surface area contributed by atoms with E-state index in [-0.39, 0.29) is 12.1 Å². The lowest BCUT2D eigenvalue weighted by Crippen LogP contribution is -2.35. The lowest BCUT2D eigenvalue weighted by molar-refractivity contribution is -0.129. The summed E-state index contributed by atoms with van der Waals surface area (Å²) in [6.07, 6.45) is 1.12. The Morgan fingerprint density at radius 1 is 1.11 bits per heavy atom. The number of nitroso groups, excluding NO2 is 1. The third kappa shape index (κ3) is 3.99. The van der Waals surface area contributed by atoms with Crippen molar-refractivity contribution < 1.29 is 9.59 Å². The molecule has 9 nitrogen and oxygen atoms in total. The van der Waals surface area contributed by atoms with Gasteiger partial charge in [-0.15, -0.1) is 4.91 Å². The van der Waals surface area contributed by atoms with Crippen LogP contribution in [0.3, 0.4) is 0 Å². The fourth-order valence-electron chi connectivity index (χ4n) is 4.39. The molecule has 2 amide bonds. The maximum absolute atomic E-state index is 12.4. The zero-order valence-corrected chi connectivity index (χ0v) is 19.1. The van der Waals surface area contributed by atoms with E-state index in [1.165, 1.54) is 10.5 Å². The van der Waals surface area contributed by atoms with E-state index in [1.54, 1.807) is 37.4 Å². The molecule has 5 rings (SSSR count). The third-order valence-electron chi connectivity index (χ3n) is 6.33. The Morgan fingerprint density at radius 3 is 2.69 bits per heavy atom. The van der Waals surface area contributed by atoms with Crippen molar-refractivity contribution in [2.45, 2.75) is 18.4 Å². The first-order valence-electron chi connectivity index (χ1n) is 11.2. The molecule has 9 heteroatoms. The van der Waals surface area contributed by atoms with Gasteiger partial charge in [-0.2, -0.15) is 0 Å². The topological polar surface area (TPSA) is 122 Å². The molecule has 35 heavy (non-hydrogen) atoms. The van der Waals surface area contributed by atoms with Gasteiger partial charge in [0.15, 0.2) is 5.82 Å². The van der Waals surface area contributed by atoms with Crippen molar-refractivity contribution in [3.63, 3.8) is 0 Å². The van der Waals surface area contributed by atoms with Crippen LogP contribution in [-0.4, -0.2) is 52.4 Å². The molecule has 174 valence electrons. The number of benzene rings is 2. The molecule has 0 saturated carbocycles. The van der Waals surface area contributed by atoms with Crippen LogP contribution in [0.15, 0.2) is 59.8 Å². The number of amides is 2. The van der Waals surface area contributed by atoms with Crippen molar-refractivity contribution >= 4 is 23.3 Å². The summed E-state index contributed by atoms with van der Waals surface area (Å²) in [6, 6.07) is 16.7. The van der Waals surface area contributed by atoms with Crippen molar-refractivity contribution in [3.05, 3.63) is 76.3 Å². The average Bonchev–Trinajstić information content (AvgIpc) is 3.44. The van der Waals surface area contributed by atoms with Gasteiger partial charge in [0.2, 0.25) is 5.54 Å². The summed E-state index contributed by atoms with van der Waals surface area (Å²) in [5, 5.41) is 3.05. The Hall–Kier alpha value is -4.58. The predicted octanol–water partition coefficient (Wildman–Crippen LogP) is 2.66. The molecule has 0 aliphatic carbocycles. The predicted molar refractivity (Wildman–Crippen MR) is 131 cm³/mol. The molecule has 0 radical (unpaired) electrons. The van der Waals surface area contributed by atoms with Gasteiger partial charge in [-0.1, -0.05) is 42.2 Å². The number of hydrogen-bond acceptors (Lipinski definition) is 7. The summed E-state index contributed by atoms with van der Waals surface area (Å²) in [7, 11) is 1.62. The van der Waals surface area contributed by atoms with Gasteiger partial charge in [0.05, 0.1) is 0 Å². The quantitative estimate of drug-likeness (QED) is 0.466. The van der Waals surface area contributed by atoms with Crippen molar-refractivity contribution in [3.8, 4) is 23.2 Å². The van der Waals surface area contributed by atoms with Crippen LogP contribution in [0, 0.1) is 16.7 Å². The van der Waals surface area contributed by atoms with Crippen LogP contribution < -0.4 is 10.6 Å². The number of hydrogen-bond donors (Lipinski definition) is 1. The number of fused-ring (bicyclic) bond motifs is 1. The number of carbonyl (C=O) groups is 2. The Labute approximate surface area is 201 Å². The molecule has 1 aromatic heterocycles. The normalized spacial score (nSPS) is 18.7. The molecule has 0 bridgehead atoms. The Kier molecular flexibility index (Phi) is 5.49. The van der Waals surface area contributed by atoms with E-state index in [4.69, 9.17) is 10.7 Å². The smallest absolute Gasteiger partial charge is 0.267 e. The zero-order valence-electron chi connectivity index (χ0n) is 19.1. The number of likely N-dealkylation sites (tertiary alicyclic amines) is 1. The number of primary amides is 1. The maximum atomic E-state index is 12.4. The maximum Gasteiger partial charge on any atom is 0.267 e. The van der Waals surface area contributed by atoms with Crippen LogP contribution in [0.25, 0.3) is 11.4 Å². The molecule has 2 aliphatic rings. The number of nitrogens with zero attached hydrogens (tertiary/aromatic N) is 5. The van der Waals surface area contributed by atoms with Crippen LogP contribution >= 0.6 is 0 Å².